The maximum absolute atomic E-state index is 12.1. The smallest absolute Gasteiger partial charge is 0.223 e. The highest BCUT2D eigenvalue weighted by molar-refractivity contribution is 6.30. The standard InChI is InChI=1S/C22H26ClN3O/c1-3-19-20(16-10-13-25(14-11-16)22(27)9-12-24)15-26(21(19)4-2)18-7-5-17(23)6-8-18/h3-8,15-16H,1-2,9-14,24H2. The topological polar surface area (TPSA) is 51.3 Å². The number of hydrogen-bond donors (Lipinski definition) is 1. The number of piperidine rings is 1. The average molecular weight is 384 g/mol. The molecule has 1 saturated heterocycles. The van der Waals surface area contributed by atoms with E-state index in [4.69, 9.17) is 17.3 Å². The van der Waals surface area contributed by atoms with Crippen molar-refractivity contribution in [2.24, 2.45) is 5.73 Å². The van der Waals surface area contributed by atoms with Crippen LogP contribution < -0.4 is 5.73 Å². The Balaban J connectivity index is 1.88. The van der Waals surface area contributed by atoms with Crippen molar-refractivity contribution in [1.29, 1.82) is 0 Å². The SMILES string of the molecule is C=Cc1c(C2CCN(C(=O)CCN)CC2)cn(-c2ccc(Cl)cc2)c1C=C. The molecule has 0 aliphatic carbocycles. The molecule has 142 valence electrons. The molecule has 0 unspecified atom stereocenters. The Morgan fingerprint density at radius 1 is 1.19 bits per heavy atom. The zero-order valence-electron chi connectivity index (χ0n) is 15.5. The van der Waals surface area contributed by atoms with E-state index in [9.17, 15) is 4.79 Å². The fourth-order valence-electron chi connectivity index (χ4n) is 3.85. The van der Waals surface area contributed by atoms with Crippen molar-refractivity contribution in [3.63, 3.8) is 0 Å². The normalized spacial score (nSPS) is 15.0. The van der Waals surface area contributed by atoms with Crippen LogP contribution in [0.2, 0.25) is 5.02 Å². The van der Waals surface area contributed by atoms with Gasteiger partial charge in [0.05, 0.1) is 5.69 Å². The molecule has 2 aromatic rings. The number of halogens is 1. The number of benzene rings is 1. The molecule has 1 aromatic heterocycles. The van der Waals surface area contributed by atoms with Crippen LogP contribution in [0.3, 0.4) is 0 Å². The third-order valence-corrected chi connectivity index (χ3v) is 5.51. The number of rotatable bonds is 6. The number of nitrogens with zero attached hydrogens (tertiary/aromatic N) is 2. The van der Waals surface area contributed by atoms with Gasteiger partial charge >= 0.3 is 0 Å². The van der Waals surface area contributed by atoms with Crippen molar-refractivity contribution in [3.8, 4) is 5.69 Å². The Hall–Kier alpha value is -2.30. The van der Waals surface area contributed by atoms with Crippen molar-refractivity contribution in [3.05, 3.63) is 65.5 Å². The largest absolute Gasteiger partial charge is 0.343 e. The number of amides is 1. The lowest BCUT2D eigenvalue weighted by atomic mass is 9.88. The van der Waals surface area contributed by atoms with E-state index in [-0.39, 0.29) is 5.91 Å². The lowest BCUT2D eigenvalue weighted by molar-refractivity contribution is -0.132. The summed E-state index contributed by atoms with van der Waals surface area (Å²) in [7, 11) is 0. The van der Waals surface area contributed by atoms with Crippen molar-refractivity contribution < 1.29 is 4.79 Å². The van der Waals surface area contributed by atoms with Crippen LogP contribution in [0.1, 0.15) is 42.0 Å². The first-order valence-electron chi connectivity index (χ1n) is 9.33. The van der Waals surface area contributed by atoms with E-state index in [0.29, 0.717) is 23.9 Å². The summed E-state index contributed by atoms with van der Waals surface area (Å²) in [4.78, 5) is 14.0. The summed E-state index contributed by atoms with van der Waals surface area (Å²) in [5, 5.41) is 0.713. The van der Waals surface area contributed by atoms with Crippen molar-refractivity contribution in [2.75, 3.05) is 19.6 Å². The minimum Gasteiger partial charge on any atom is -0.343 e. The summed E-state index contributed by atoms with van der Waals surface area (Å²) < 4.78 is 2.14. The van der Waals surface area contributed by atoms with Crippen LogP contribution in [-0.4, -0.2) is 35.0 Å². The van der Waals surface area contributed by atoms with Crippen molar-refractivity contribution in [2.45, 2.75) is 25.2 Å². The number of nitrogens with two attached hydrogens (primary N) is 1. The summed E-state index contributed by atoms with van der Waals surface area (Å²) in [6.45, 7) is 9.98. The van der Waals surface area contributed by atoms with E-state index in [1.54, 1.807) is 0 Å². The maximum Gasteiger partial charge on any atom is 0.223 e. The minimum atomic E-state index is 0.158. The molecule has 0 saturated carbocycles. The van der Waals surface area contributed by atoms with E-state index in [2.05, 4.69) is 23.9 Å². The molecule has 1 amide bonds. The molecule has 1 aromatic carbocycles. The molecule has 27 heavy (non-hydrogen) atoms. The van der Waals surface area contributed by atoms with Crippen LogP contribution in [0, 0.1) is 0 Å². The lowest BCUT2D eigenvalue weighted by Crippen LogP contribution is -2.38. The molecule has 2 heterocycles. The third-order valence-electron chi connectivity index (χ3n) is 5.26. The molecule has 2 N–H and O–H groups in total. The Morgan fingerprint density at radius 3 is 2.41 bits per heavy atom. The summed E-state index contributed by atoms with van der Waals surface area (Å²) in [5.41, 5.74) is 9.97. The molecular weight excluding hydrogens is 358 g/mol. The van der Waals surface area contributed by atoms with E-state index < -0.39 is 0 Å². The van der Waals surface area contributed by atoms with Gasteiger partial charge in [-0.3, -0.25) is 4.79 Å². The monoisotopic (exact) mass is 383 g/mol. The molecule has 3 rings (SSSR count). The average Bonchev–Trinajstić information content (AvgIpc) is 3.07. The Bertz CT molecular complexity index is 830. The van der Waals surface area contributed by atoms with Crippen LogP contribution in [0.4, 0.5) is 0 Å². The molecule has 0 radical (unpaired) electrons. The molecule has 1 aliphatic rings. The van der Waals surface area contributed by atoms with Gasteiger partial charge in [-0.1, -0.05) is 30.8 Å². The summed E-state index contributed by atoms with van der Waals surface area (Å²) in [6.07, 6.45) is 8.27. The van der Waals surface area contributed by atoms with Gasteiger partial charge in [-0.2, -0.15) is 0 Å². The van der Waals surface area contributed by atoms with Crippen LogP contribution in [-0.2, 0) is 4.79 Å². The van der Waals surface area contributed by atoms with Gasteiger partial charge in [-0.05, 0) is 54.7 Å². The van der Waals surface area contributed by atoms with Gasteiger partial charge in [0.25, 0.3) is 0 Å². The van der Waals surface area contributed by atoms with Gasteiger partial charge in [0.15, 0.2) is 0 Å². The van der Waals surface area contributed by atoms with Gasteiger partial charge in [-0.15, -0.1) is 0 Å². The van der Waals surface area contributed by atoms with E-state index >= 15 is 0 Å². The van der Waals surface area contributed by atoms with Gasteiger partial charge in [0.2, 0.25) is 5.91 Å². The van der Waals surface area contributed by atoms with E-state index in [1.807, 2.05) is 41.3 Å². The first-order valence-corrected chi connectivity index (χ1v) is 9.70. The van der Waals surface area contributed by atoms with Crippen LogP contribution >= 0.6 is 11.6 Å². The van der Waals surface area contributed by atoms with Crippen molar-refractivity contribution in [1.82, 2.24) is 9.47 Å². The second-order valence-electron chi connectivity index (χ2n) is 6.83. The molecule has 1 aliphatic heterocycles. The summed E-state index contributed by atoms with van der Waals surface area (Å²) in [5.74, 6) is 0.553. The zero-order valence-corrected chi connectivity index (χ0v) is 16.3. The van der Waals surface area contributed by atoms with Gasteiger partial charge in [0.1, 0.15) is 0 Å². The molecule has 5 heteroatoms. The Morgan fingerprint density at radius 2 is 1.85 bits per heavy atom. The van der Waals surface area contributed by atoms with Gasteiger partial charge in [0, 0.05) is 48.5 Å². The predicted octanol–water partition coefficient (Wildman–Crippen LogP) is 4.47. The first-order chi connectivity index (χ1) is 13.1. The molecular formula is C22H26ClN3O. The number of likely N-dealkylation sites (tertiary alicyclic amines) is 1. The highest BCUT2D eigenvalue weighted by atomic mass is 35.5. The number of carbonyl (C=O) groups is 1. The first kappa shape index (κ1) is 19.5. The number of carbonyl (C=O) groups excluding carboxylic acids is 1. The lowest BCUT2D eigenvalue weighted by Gasteiger charge is -2.32. The fraction of sp³-hybridized carbons (Fsp3) is 0.318. The fourth-order valence-corrected chi connectivity index (χ4v) is 3.97. The Labute approximate surface area is 165 Å². The highest BCUT2D eigenvalue weighted by Gasteiger charge is 2.26. The molecule has 0 spiro atoms. The number of hydrogen-bond acceptors (Lipinski definition) is 2. The predicted molar refractivity (Wildman–Crippen MR) is 113 cm³/mol. The van der Waals surface area contributed by atoms with Crippen LogP contribution in [0.25, 0.3) is 17.8 Å². The second-order valence-corrected chi connectivity index (χ2v) is 7.27. The van der Waals surface area contributed by atoms with Crippen molar-refractivity contribution >= 4 is 29.7 Å². The molecule has 0 bridgehead atoms. The van der Waals surface area contributed by atoms with Gasteiger partial charge < -0.3 is 15.2 Å². The second kappa shape index (κ2) is 8.59. The number of aromatic nitrogens is 1. The van der Waals surface area contributed by atoms with E-state index in [0.717, 1.165) is 42.9 Å². The quantitative estimate of drug-likeness (QED) is 0.799. The minimum absolute atomic E-state index is 0.158. The molecule has 1 fully saturated rings. The van der Waals surface area contributed by atoms with E-state index in [1.165, 1.54) is 5.56 Å². The summed E-state index contributed by atoms with van der Waals surface area (Å²) in [6, 6.07) is 7.78. The zero-order chi connectivity index (χ0) is 19.4. The van der Waals surface area contributed by atoms with Crippen LogP contribution in [0.5, 0.6) is 0 Å². The molecule has 4 nitrogen and oxygen atoms in total. The van der Waals surface area contributed by atoms with Crippen LogP contribution in [0.15, 0.2) is 43.6 Å². The third kappa shape index (κ3) is 4.02. The van der Waals surface area contributed by atoms with Gasteiger partial charge in [-0.25, -0.2) is 0 Å². The Kier molecular flexibility index (Phi) is 6.19. The molecule has 0 atom stereocenters. The summed E-state index contributed by atoms with van der Waals surface area (Å²) >= 11 is 6.03. The maximum atomic E-state index is 12.1. The highest BCUT2D eigenvalue weighted by Crippen LogP contribution is 2.35.